The number of hydrogen-bond donors (Lipinski definition) is 2. The number of nitrogens with one attached hydrogen (secondary N) is 2. The van der Waals surface area contributed by atoms with Crippen molar-refractivity contribution < 1.29 is 32.3 Å². The van der Waals surface area contributed by atoms with Crippen molar-refractivity contribution in [3.63, 3.8) is 0 Å². The van der Waals surface area contributed by atoms with Crippen LogP contribution in [0.5, 0.6) is 5.75 Å². The molecule has 30 heavy (non-hydrogen) atoms. The van der Waals surface area contributed by atoms with E-state index in [9.17, 15) is 27.6 Å². The van der Waals surface area contributed by atoms with Crippen molar-refractivity contribution in [3.8, 4) is 5.75 Å². The Labute approximate surface area is 169 Å². The molecule has 2 aromatic carbocycles. The number of carbonyl (C=O) groups is 3. The average molecular weight is 421 g/mol. The SMILES string of the molecule is O=C(COc1ccc(N2CCCC2=O)cc1)NCC(=O)Nc1ccc(F)c(F)c1F. The van der Waals surface area contributed by atoms with Gasteiger partial charge < -0.3 is 20.3 Å². The Morgan fingerprint density at radius 1 is 1.00 bits per heavy atom. The Balaban J connectivity index is 1.43. The quantitative estimate of drug-likeness (QED) is 0.672. The molecule has 2 N–H and O–H groups in total. The highest BCUT2D eigenvalue weighted by Crippen LogP contribution is 2.24. The zero-order valence-electron chi connectivity index (χ0n) is 15.7. The normalized spacial score (nSPS) is 13.3. The molecule has 7 nitrogen and oxygen atoms in total. The molecule has 0 unspecified atom stereocenters. The molecular weight excluding hydrogens is 403 g/mol. The van der Waals surface area contributed by atoms with Crippen LogP contribution in [0.4, 0.5) is 24.5 Å². The first-order valence-corrected chi connectivity index (χ1v) is 9.08. The number of ether oxygens (including phenoxy) is 1. The zero-order chi connectivity index (χ0) is 21.7. The van der Waals surface area contributed by atoms with E-state index < -0.39 is 41.5 Å². The summed E-state index contributed by atoms with van der Waals surface area (Å²) >= 11 is 0. The Kier molecular flexibility index (Phi) is 6.55. The summed E-state index contributed by atoms with van der Waals surface area (Å²) in [5.41, 5.74) is 0.205. The molecule has 0 spiro atoms. The van der Waals surface area contributed by atoms with Gasteiger partial charge >= 0.3 is 0 Å². The van der Waals surface area contributed by atoms with Gasteiger partial charge in [-0.05, 0) is 42.8 Å². The summed E-state index contributed by atoms with van der Waals surface area (Å²) in [7, 11) is 0. The third-order valence-electron chi connectivity index (χ3n) is 4.35. The first-order valence-electron chi connectivity index (χ1n) is 9.08. The second kappa shape index (κ2) is 9.29. The molecule has 2 aromatic rings. The predicted molar refractivity (Wildman–Crippen MR) is 101 cm³/mol. The lowest BCUT2D eigenvalue weighted by atomic mass is 10.2. The number of nitrogens with zero attached hydrogens (tertiary/aromatic N) is 1. The monoisotopic (exact) mass is 421 g/mol. The smallest absolute Gasteiger partial charge is 0.258 e. The van der Waals surface area contributed by atoms with E-state index in [2.05, 4.69) is 5.32 Å². The number of benzene rings is 2. The summed E-state index contributed by atoms with van der Waals surface area (Å²) < 4.78 is 44.9. The van der Waals surface area contributed by atoms with E-state index in [1.807, 2.05) is 5.32 Å². The molecule has 0 aromatic heterocycles. The molecule has 0 saturated carbocycles. The molecule has 1 fully saturated rings. The maximum absolute atomic E-state index is 13.5. The van der Waals surface area contributed by atoms with Gasteiger partial charge in [-0.25, -0.2) is 13.2 Å². The van der Waals surface area contributed by atoms with Crippen LogP contribution in [0.15, 0.2) is 36.4 Å². The molecule has 3 amide bonds. The lowest BCUT2D eigenvalue weighted by molar-refractivity contribution is -0.125. The van der Waals surface area contributed by atoms with Crippen LogP contribution < -0.4 is 20.3 Å². The van der Waals surface area contributed by atoms with Crippen LogP contribution >= 0.6 is 0 Å². The van der Waals surface area contributed by atoms with Crippen molar-refractivity contribution in [1.29, 1.82) is 0 Å². The lowest BCUT2D eigenvalue weighted by Crippen LogP contribution is -2.36. The predicted octanol–water partition coefficient (Wildman–Crippen LogP) is 2.36. The first kappa shape index (κ1) is 21.2. The molecule has 1 aliphatic heterocycles. The molecule has 1 heterocycles. The summed E-state index contributed by atoms with van der Waals surface area (Å²) in [6.45, 7) is -0.233. The van der Waals surface area contributed by atoms with Crippen LogP contribution in [0, 0.1) is 17.5 Å². The summed E-state index contributed by atoms with van der Waals surface area (Å²) in [5, 5.41) is 4.30. The Morgan fingerprint density at radius 2 is 1.73 bits per heavy atom. The standard InChI is InChI=1S/C20H18F3N3O4/c21-14-7-8-15(20(23)19(14)22)25-16(27)10-24-17(28)11-30-13-5-3-12(4-6-13)26-9-1-2-18(26)29/h3-8H,1-2,9-11H2,(H,24,28)(H,25,27). The molecule has 1 saturated heterocycles. The highest BCUT2D eigenvalue weighted by Gasteiger charge is 2.21. The van der Waals surface area contributed by atoms with Crippen LogP contribution in [-0.2, 0) is 14.4 Å². The van der Waals surface area contributed by atoms with Crippen molar-refractivity contribution in [1.82, 2.24) is 5.32 Å². The fourth-order valence-corrected chi connectivity index (χ4v) is 2.84. The van der Waals surface area contributed by atoms with Gasteiger partial charge in [0.15, 0.2) is 24.1 Å². The van der Waals surface area contributed by atoms with Gasteiger partial charge in [-0.15, -0.1) is 0 Å². The number of rotatable bonds is 7. The second-order valence-electron chi connectivity index (χ2n) is 6.48. The molecule has 1 aliphatic rings. The molecule has 158 valence electrons. The summed E-state index contributed by atoms with van der Waals surface area (Å²) in [4.78, 5) is 36.9. The van der Waals surface area contributed by atoms with Crippen molar-refractivity contribution in [3.05, 3.63) is 53.8 Å². The van der Waals surface area contributed by atoms with Crippen molar-refractivity contribution in [2.75, 3.05) is 29.9 Å². The van der Waals surface area contributed by atoms with Crippen LogP contribution in [0.1, 0.15) is 12.8 Å². The third kappa shape index (κ3) is 5.07. The Bertz CT molecular complexity index is 967. The topological polar surface area (TPSA) is 87.7 Å². The highest BCUT2D eigenvalue weighted by atomic mass is 19.2. The van der Waals surface area contributed by atoms with E-state index >= 15 is 0 Å². The van der Waals surface area contributed by atoms with Crippen LogP contribution in [-0.4, -0.2) is 37.4 Å². The highest BCUT2D eigenvalue weighted by molar-refractivity contribution is 5.95. The molecule has 10 heteroatoms. The minimum absolute atomic E-state index is 0.0598. The van der Waals surface area contributed by atoms with Crippen LogP contribution in [0.3, 0.4) is 0 Å². The van der Waals surface area contributed by atoms with E-state index in [-0.39, 0.29) is 12.5 Å². The van der Waals surface area contributed by atoms with Gasteiger partial charge in [0.2, 0.25) is 11.8 Å². The molecule has 3 rings (SSSR count). The van der Waals surface area contributed by atoms with E-state index in [1.165, 1.54) is 0 Å². The van der Waals surface area contributed by atoms with Crippen LogP contribution in [0.2, 0.25) is 0 Å². The first-order chi connectivity index (χ1) is 14.3. The fourth-order valence-electron chi connectivity index (χ4n) is 2.84. The largest absolute Gasteiger partial charge is 0.484 e. The number of hydrogen-bond acceptors (Lipinski definition) is 4. The summed E-state index contributed by atoms with van der Waals surface area (Å²) in [6.07, 6.45) is 1.34. The van der Waals surface area contributed by atoms with Gasteiger partial charge in [0, 0.05) is 18.7 Å². The minimum atomic E-state index is -1.70. The third-order valence-corrected chi connectivity index (χ3v) is 4.35. The number of amides is 3. The molecular formula is C20H18F3N3O4. The summed E-state index contributed by atoms with van der Waals surface area (Å²) in [5.74, 6) is -5.60. The molecule has 0 bridgehead atoms. The van der Waals surface area contributed by atoms with Gasteiger partial charge in [0.25, 0.3) is 5.91 Å². The average Bonchev–Trinajstić information content (AvgIpc) is 3.17. The van der Waals surface area contributed by atoms with Crippen molar-refractivity contribution in [2.24, 2.45) is 0 Å². The zero-order valence-corrected chi connectivity index (χ0v) is 15.7. The van der Waals surface area contributed by atoms with Gasteiger partial charge in [-0.2, -0.15) is 0 Å². The molecule has 0 atom stereocenters. The van der Waals surface area contributed by atoms with Gasteiger partial charge in [0.1, 0.15) is 5.75 Å². The number of carbonyl (C=O) groups excluding carboxylic acids is 3. The van der Waals surface area contributed by atoms with Gasteiger partial charge in [-0.1, -0.05) is 0 Å². The van der Waals surface area contributed by atoms with E-state index in [4.69, 9.17) is 4.74 Å². The lowest BCUT2D eigenvalue weighted by Gasteiger charge is -2.16. The minimum Gasteiger partial charge on any atom is -0.484 e. The number of anilines is 2. The maximum atomic E-state index is 13.5. The molecule has 0 aliphatic carbocycles. The fraction of sp³-hybridized carbons (Fsp3) is 0.250. The Hall–Kier alpha value is -3.56. The van der Waals surface area contributed by atoms with E-state index in [1.54, 1.807) is 29.2 Å². The van der Waals surface area contributed by atoms with Crippen LogP contribution in [0.25, 0.3) is 0 Å². The second-order valence-corrected chi connectivity index (χ2v) is 6.48. The van der Waals surface area contributed by atoms with E-state index in [0.29, 0.717) is 24.8 Å². The van der Waals surface area contributed by atoms with Gasteiger partial charge in [0.05, 0.1) is 12.2 Å². The maximum Gasteiger partial charge on any atom is 0.258 e. The summed E-state index contributed by atoms with van der Waals surface area (Å²) in [6, 6.07) is 8.20. The van der Waals surface area contributed by atoms with Crippen molar-refractivity contribution in [2.45, 2.75) is 12.8 Å². The molecule has 0 radical (unpaired) electrons. The van der Waals surface area contributed by atoms with E-state index in [0.717, 1.165) is 18.2 Å². The van der Waals surface area contributed by atoms with Gasteiger partial charge in [-0.3, -0.25) is 14.4 Å². The van der Waals surface area contributed by atoms with Crippen molar-refractivity contribution >= 4 is 29.1 Å². The Morgan fingerprint density at radius 3 is 2.40 bits per heavy atom. The number of halogens is 3.